The van der Waals surface area contributed by atoms with Gasteiger partial charge in [-0.3, -0.25) is 9.69 Å². The van der Waals surface area contributed by atoms with Gasteiger partial charge in [0, 0.05) is 5.92 Å². The van der Waals surface area contributed by atoms with Crippen LogP contribution >= 0.6 is 11.6 Å². The van der Waals surface area contributed by atoms with Crippen LogP contribution in [-0.2, 0) is 4.79 Å². The molecule has 1 atom stereocenters. The van der Waals surface area contributed by atoms with Crippen LogP contribution in [0.1, 0.15) is 17.9 Å². The van der Waals surface area contributed by atoms with Crippen molar-refractivity contribution in [3.63, 3.8) is 0 Å². The lowest BCUT2D eigenvalue weighted by atomic mass is 9.88. The van der Waals surface area contributed by atoms with Gasteiger partial charge in [-0.1, -0.05) is 17.7 Å². The van der Waals surface area contributed by atoms with Gasteiger partial charge >= 0.3 is 0 Å². The smallest absolute Gasteiger partial charge is 0.154 e. The Hall–Kier alpha value is -1.06. The molecule has 1 aliphatic rings. The van der Waals surface area contributed by atoms with E-state index < -0.39 is 0 Å². The summed E-state index contributed by atoms with van der Waals surface area (Å²) >= 11 is 6.08. The van der Waals surface area contributed by atoms with E-state index in [0.717, 1.165) is 18.5 Å². The fourth-order valence-corrected chi connectivity index (χ4v) is 2.48. The number of piperidine rings is 1. The molecule has 4 heteroatoms. The maximum atomic E-state index is 12.0. The van der Waals surface area contributed by atoms with E-state index in [2.05, 4.69) is 0 Å². The molecule has 0 spiro atoms. The number of Topliss-reactive ketones (excluding diaryl/α,β-unsaturated/α-hetero) is 1. The average molecular weight is 254 g/mol. The number of hydrogen-bond acceptors (Lipinski definition) is 3. The number of ether oxygens (including phenoxy) is 1. The Bertz CT molecular complexity index is 433. The lowest BCUT2D eigenvalue weighted by Gasteiger charge is -2.28. The third-order valence-electron chi connectivity index (χ3n) is 3.19. The Morgan fingerprint density at radius 3 is 2.82 bits per heavy atom. The van der Waals surface area contributed by atoms with Crippen molar-refractivity contribution in [3.05, 3.63) is 28.8 Å². The number of halogens is 1. The molecule has 1 fully saturated rings. The normalized spacial score (nSPS) is 21.6. The standard InChI is InChI=1S/C13H16ClNO2/c1-15-6-5-10(12(16)8-15)9-3-4-13(17-2)11(14)7-9/h3-4,7,10H,5-6,8H2,1-2H3. The highest BCUT2D eigenvalue weighted by molar-refractivity contribution is 6.32. The molecule has 0 saturated carbocycles. The molecule has 1 aliphatic heterocycles. The molecule has 1 aromatic carbocycles. The third kappa shape index (κ3) is 2.61. The van der Waals surface area contributed by atoms with Gasteiger partial charge in [0.25, 0.3) is 0 Å². The van der Waals surface area contributed by atoms with E-state index in [1.165, 1.54) is 0 Å². The van der Waals surface area contributed by atoms with Crippen LogP contribution in [0.2, 0.25) is 5.02 Å². The van der Waals surface area contributed by atoms with Crippen LogP contribution in [0.4, 0.5) is 0 Å². The van der Waals surface area contributed by atoms with E-state index in [1.54, 1.807) is 7.11 Å². The summed E-state index contributed by atoms with van der Waals surface area (Å²) in [5, 5.41) is 0.566. The Morgan fingerprint density at radius 2 is 2.24 bits per heavy atom. The van der Waals surface area contributed by atoms with Gasteiger partial charge in [0.2, 0.25) is 0 Å². The van der Waals surface area contributed by atoms with E-state index in [4.69, 9.17) is 16.3 Å². The molecule has 1 saturated heterocycles. The van der Waals surface area contributed by atoms with Crippen molar-refractivity contribution in [2.75, 3.05) is 27.2 Å². The average Bonchev–Trinajstić information content (AvgIpc) is 2.29. The molecule has 92 valence electrons. The second-order valence-electron chi connectivity index (χ2n) is 4.44. The fourth-order valence-electron chi connectivity index (χ4n) is 2.22. The summed E-state index contributed by atoms with van der Waals surface area (Å²) < 4.78 is 5.11. The zero-order valence-corrected chi connectivity index (χ0v) is 10.8. The van der Waals surface area contributed by atoms with E-state index in [9.17, 15) is 4.79 Å². The number of rotatable bonds is 2. The van der Waals surface area contributed by atoms with E-state index >= 15 is 0 Å². The minimum atomic E-state index is -0.0189. The Morgan fingerprint density at radius 1 is 1.47 bits per heavy atom. The van der Waals surface area contributed by atoms with Crippen molar-refractivity contribution in [2.45, 2.75) is 12.3 Å². The highest BCUT2D eigenvalue weighted by atomic mass is 35.5. The van der Waals surface area contributed by atoms with Crippen molar-refractivity contribution >= 4 is 17.4 Å². The van der Waals surface area contributed by atoms with Gasteiger partial charge in [-0.05, 0) is 37.7 Å². The van der Waals surface area contributed by atoms with Gasteiger partial charge in [0.05, 0.1) is 18.7 Å². The molecule has 0 radical (unpaired) electrons. The van der Waals surface area contributed by atoms with E-state index in [-0.39, 0.29) is 11.7 Å². The number of ketones is 1. The molecule has 0 aromatic heterocycles. The van der Waals surface area contributed by atoms with E-state index in [1.807, 2.05) is 30.1 Å². The number of nitrogens with zero attached hydrogens (tertiary/aromatic N) is 1. The van der Waals surface area contributed by atoms with E-state index in [0.29, 0.717) is 17.3 Å². The van der Waals surface area contributed by atoms with Crippen molar-refractivity contribution in [3.8, 4) is 5.75 Å². The summed E-state index contributed by atoms with van der Waals surface area (Å²) in [5.74, 6) is 0.894. The maximum Gasteiger partial charge on any atom is 0.154 e. The fraction of sp³-hybridized carbons (Fsp3) is 0.462. The Kier molecular flexibility index (Phi) is 3.69. The largest absolute Gasteiger partial charge is 0.495 e. The summed E-state index contributed by atoms with van der Waals surface area (Å²) in [5.41, 5.74) is 0.994. The van der Waals surface area contributed by atoms with Gasteiger partial charge in [-0.15, -0.1) is 0 Å². The second kappa shape index (κ2) is 5.07. The molecular weight excluding hydrogens is 238 g/mol. The third-order valence-corrected chi connectivity index (χ3v) is 3.49. The quantitative estimate of drug-likeness (QED) is 0.810. The molecule has 0 N–H and O–H groups in total. The van der Waals surface area contributed by atoms with Gasteiger partial charge in [0.15, 0.2) is 5.78 Å². The van der Waals surface area contributed by atoms with Gasteiger partial charge in [0.1, 0.15) is 5.75 Å². The first-order chi connectivity index (χ1) is 8.11. The van der Waals surface area contributed by atoms with Crippen LogP contribution in [0.5, 0.6) is 5.75 Å². The zero-order valence-electron chi connectivity index (χ0n) is 10.1. The summed E-state index contributed by atoms with van der Waals surface area (Å²) in [4.78, 5) is 14.0. The monoisotopic (exact) mass is 253 g/mol. The van der Waals surface area contributed by atoms with Crippen LogP contribution in [0.25, 0.3) is 0 Å². The minimum Gasteiger partial charge on any atom is -0.495 e. The van der Waals surface area contributed by atoms with Crippen molar-refractivity contribution in [1.29, 1.82) is 0 Å². The first-order valence-corrected chi connectivity index (χ1v) is 6.04. The van der Waals surface area contributed by atoms with Crippen molar-refractivity contribution in [2.24, 2.45) is 0 Å². The molecule has 3 nitrogen and oxygen atoms in total. The van der Waals surface area contributed by atoms with Crippen LogP contribution < -0.4 is 4.74 Å². The SMILES string of the molecule is COc1ccc(C2CCN(C)CC2=O)cc1Cl. The highest BCUT2D eigenvalue weighted by Gasteiger charge is 2.26. The number of carbonyl (C=O) groups is 1. The van der Waals surface area contributed by atoms with Gasteiger partial charge in [-0.25, -0.2) is 0 Å². The zero-order chi connectivity index (χ0) is 12.4. The van der Waals surface area contributed by atoms with Gasteiger partial charge < -0.3 is 4.74 Å². The number of likely N-dealkylation sites (tertiary alicyclic amines) is 1. The molecule has 1 unspecified atom stereocenters. The number of carbonyl (C=O) groups excluding carboxylic acids is 1. The highest BCUT2D eigenvalue weighted by Crippen LogP contribution is 2.31. The Balaban J connectivity index is 2.22. The summed E-state index contributed by atoms with van der Waals surface area (Å²) in [6.07, 6.45) is 0.859. The summed E-state index contributed by atoms with van der Waals surface area (Å²) in [6, 6.07) is 5.59. The van der Waals surface area contributed by atoms with Crippen molar-refractivity contribution in [1.82, 2.24) is 4.90 Å². The van der Waals surface area contributed by atoms with Gasteiger partial charge in [-0.2, -0.15) is 0 Å². The number of methoxy groups -OCH3 is 1. The topological polar surface area (TPSA) is 29.5 Å². The first-order valence-electron chi connectivity index (χ1n) is 5.66. The second-order valence-corrected chi connectivity index (χ2v) is 4.85. The molecule has 1 aromatic rings. The molecule has 0 bridgehead atoms. The summed E-state index contributed by atoms with van der Waals surface area (Å²) in [7, 11) is 3.55. The minimum absolute atomic E-state index is 0.0189. The predicted octanol–water partition coefficient (Wildman–Crippen LogP) is 2.34. The first kappa shape index (κ1) is 12.4. The lowest BCUT2D eigenvalue weighted by Crippen LogP contribution is -2.37. The number of hydrogen-bond donors (Lipinski definition) is 0. The molecular formula is C13H16ClNO2. The maximum absolute atomic E-state index is 12.0. The van der Waals surface area contributed by atoms with Crippen LogP contribution in [0, 0.1) is 0 Å². The molecule has 0 aliphatic carbocycles. The molecule has 0 amide bonds. The molecule has 17 heavy (non-hydrogen) atoms. The van der Waals surface area contributed by atoms with Crippen molar-refractivity contribution < 1.29 is 9.53 Å². The Labute approximate surface area is 106 Å². The summed E-state index contributed by atoms with van der Waals surface area (Å²) in [6.45, 7) is 1.47. The van der Waals surface area contributed by atoms with Crippen LogP contribution in [0.3, 0.4) is 0 Å². The molecule has 2 rings (SSSR count). The molecule has 1 heterocycles. The van der Waals surface area contributed by atoms with Crippen LogP contribution in [0.15, 0.2) is 18.2 Å². The van der Waals surface area contributed by atoms with Crippen LogP contribution in [-0.4, -0.2) is 37.9 Å². The number of benzene rings is 1. The predicted molar refractivity (Wildman–Crippen MR) is 67.9 cm³/mol. The number of likely N-dealkylation sites (N-methyl/N-ethyl adjacent to an activating group) is 1. The lowest BCUT2D eigenvalue weighted by molar-refractivity contribution is -0.123.